The number of halogens is 3. The number of aromatic nitrogens is 4. The number of fused-ring (bicyclic) bond motifs is 3. The van der Waals surface area contributed by atoms with Crippen molar-refractivity contribution in [2.75, 3.05) is 38.2 Å². The summed E-state index contributed by atoms with van der Waals surface area (Å²) in [5.41, 5.74) is -0.245. The van der Waals surface area contributed by atoms with Crippen molar-refractivity contribution < 1.29 is 41.4 Å². The number of oxazole rings is 2. The number of nitrogens with zero attached hydrogens (tertiary/aromatic N) is 6. The van der Waals surface area contributed by atoms with Gasteiger partial charge in [-0.25, -0.2) is 15.0 Å². The summed E-state index contributed by atoms with van der Waals surface area (Å²) >= 11 is 0. The Balaban J connectivity index is 1.04. The molecule has 5 fully saturated rings. The lowest BCUT2D eigenvalue weighted by Crippen LogP contribution is -2.50. The Morgan fingerprint density at radius 1 is 1.13 bits per heavy atom. The molecule has 5 atom stereocenters. The molecule has 17 heteroatoms. The Morgan fingerprint density at radius 3 is 2.62 bits per heavy atom. The fourth-order valence-corrected chi connectivity index (χ4v) is 9.01. The zero-order chi connectivity index (χ0) is 36.3. The van der Waals surface area contributed by atoms with Crippen LogP contribution < -0.4 is 20.4 Å². The third-order valence-electron chi connectivity index (χ3n) is 11.4. The SMILES string of the molecule is CCc1c(N2CCN(C(=O)c3c(O)ccc4ncoc34)CC2)c(=O)c2nc(-c3ccnc(OC)c3)oc2n1CC(=O)N[C@@H]1CC2C3C1C23C(F)(F)F. The monoisotopic (exact) mass is 719 g/mol. The lowest BCUT2D eigenvalue weighted by molar-refractivity contribution is -0.176. The average Bonchev–Trinajstić information content (AvgIpc) is 3.55. The molecule has 0 radical (unpaired) electrons. The van der Waals surface area contributed by atoms with Gasteiger partial charge in [-0.3, -0.25) is 14.4 Å². The Bertz CT molecular complexity index is 2360. The van der Waals surface area contributed by atoms with E-state index in [1.807, 2.05) is 11.8 Å². The number of rotatable bonds is 8. The third-order valence-corrected chi connectivity index (χ3v) is 11.4. The molecule has 4 aromatic heterocycles. The van der Waals surface area contributed by atoms with Gasteiger partial charge < -0.3 is 38.4 Å². The van der Waals surface area contributed by atoms with Gasteiger partial charge in [-0.1, -0.05) is 6.92 Å². The molecule has 4 unspecified atom stereocenters. The molecule has 0 spiro atoms. The molecule has 5 aromatic rings. The highest BCUT2D eigenvalue weighted by atomic mass is 19.4. The first-order valence-electron chi connectivity index (χ1n) is 17.0. The molecule has 5 heterocycles. The highest BCUT2D eigenvalue weighted by Crippen LogP contribution is 2.95. The summed E-state index contributed by atoms with van der Waals surface area (Å²) in [6.07, 6.45) is -1.01. The van der Waals surface area contributed by atoms with Crippen LogP contribution in [0.25, 0.3) is 33.8 Å². The highest BCUT2D eigenvalue weighted by Gasteiger charge is 3.00. The van der Waals surface area contributed by atoms with Gasteiger partial charge in [0, 0.05) is 55.7 Å². The first kappa shape index (κ1) is 32.3. The van der Waals surface area contributed by atoms with E-state index in [0.29, 0.717) is 29.1 Å². The second-order valence-corrected chi connectivity index (χ2v) is 13.8. The molecule has 5 aliphatic rings. The van der Waals surface area contributed by atoms with E-state index >= 15 is 0 Å². The number of carbonyl (C=O) groups excluding carboxylic acids is 2. The van der Waals surface area contributed by atoms with E-state index in [-0.39, 0.29) is 78.8 Å². The minimum Gasteiger partial charge on any atom is -0.507 e. The van der Waals surface area contributed by atoms with Crippen molar-refractivity contribution in [1.29, 1.82) is 0 Å². The summed E-state index contributed by atoms with van der Waals surface area (Å²) in [6, 6.07) is 5.58. The topological polar surface area (TPSA) is 169 Å². The number of hydrogen-bond donors (Lipinski definition) is 2. The van der Waals surface area contributed by atoms with E-state index in [0.717, 1.165) is 0 Å². The summed E-state index contributed by atoms with van der Waals surface area (Å²) < 4.78 is 59.8. The van der Waals surface area contributed by atoms with Crippen molar-refractivity contribution in [3.05, 3.63) is 58.3 Å². The Morgan fingerprint density at radius 2 is 1.92 bits per heavy atom. The zero-order valence-corrected chi connectivity index (χ0v) is 27.9. The number of piperazine rings is 1. The number of methoxy groups -OCH3 is 1. The van der Waals surface area contributed by atoms with E-state index in [1.165, 1.54) is 25.8 Å². The number of benzene rings is 1. The maximum atomic E-state index is 14.3. The minimum atomic E-state index is -4.29. The number of pyridine rings is 2. The van der Waals surface area contributed by atoms with Crippen molar-refractivity contribution in [3.63, 3.8) is 0 Å². The van der Waals surface area contributed by atoms with Crippen molar-refractivity contribution >= 4 is 39.8 Å². The normalized spacial score (nSPS) is 24.7. The molecular weight excluding hydrogens is 687 g/mol. The molecule has 1 saturated heterocycles. The largest absolute Gasteiger partial charge is 0.507 e. The van der Waals surface area contributed by atoms with Crippen LogP contribution >= 0.6 is 0 Å². The van der Waals surface area contributed by atoms with Crippen molar-refractivity contribution in [2.45, 2.75) is 38.5 Å². The van der Waals surface area contributed by atoms with E-state index in [2.05, 4.69) is 20.3 Å². The second kappa shape index (κ2) is 11.2. The van der Waals surface area contributed by atoms with Crippen molar-refractivity contribution in [1.82, 2.24) is 29.7 Å². The van der Waals surface area contributed by atoms with Gasteiger partial charge in [0.1, 0.15) is 29.1 Å². The smallest absolute Gasteiger partial charge is 0.395 e. The molecule has 2 bridgehead atoms. The number of anilines is 1. The number of amides is 2. The van der Waals surface area contributed by atoms with Crippen molar-refractivity contribution in [2.24, 2.45) is 23.2 Å². The summed E-state index contributed by atoms with van der Waals surface area (Å²) in [7, 11) is 1.46. The van der Waals surface area contributed by atoms with Gasteiger partial charge in [-0.15, -0.1) is 0 Å². The average molecular weight is 720 g/mol. The number of hydrogen-bond acceptors (Lipinski definition) is 11. The molecule has 270 valence electrons. The quantitative estimate of drug-likeness (QED) is 0.240. The van der Waals surface area contributed by atoms with Crippen molar-refractivity contribution in [3.8, 4) is 23.1 Å². The number of nitrogens with one attached hydrogen (secondary N) is 1. The molecule has 4 saturated carbocycles. The van der Waals surface area contributed by atoms with Crippen LogP contribution in [0.4, 0.5) is 18.9 Å². The number of alkyl halides is 3. The van der Waals surface area contributed by atoms with Gasteiger partial charge in [-0.05, 0) is 48.8 Å². The van der Waals surface area contributed by atoms with Crippen LogP contribution in [-0.2, 0) is 17.8 Å². The third kappa shape index (κ3) is 4.49. The Kier molecular flexibility index (Phi) is 6.95. The number of aromatic hydroxyl groups is 1. The summed E-state index contributed by atoms with van der Waals surface area (Å²) in [6.45, 7) is 2.35. The van der Waals surface area contributed by atoms with Gasteiger partial charge >= 0.3 is 6.18 Å². The molecule has 14 nitrogen and oxygen atoms in total. The van der Waals surface area contributed by atoms with Crippen LogP contribution in [-0.4, -0.2) is 86.8 Å². The number of phenolic OH excluding ortho intramolecular Hbond substituents is 1. The van der Waals surface area contributed by atoms with E-state index in [1.54, 1.807) is 27.7 Å². The molecule has 1 aliphatic heterocycles. The van der Waals surface area contributed by atoms with Crippen LogP contribution in [0.2, 0.25) is 0 Å². The van der Waals surface area contributed by atoms with Gasteiger partial charge in [0.25, 0.3) is 5.91 Å². The van der Waals surface area contributed by atoms with E-state index in [4.69, 9.17) is 13.6 Å². The van der Waals surface area contributed by atoms with Crippen LogP contribution in [0, 0.1) is 23.2 Å². The van der Waals surface area contributed by atoms with Crippen LogP contribution in [0.5, 0.6) is 11.6 Å². The fourth-order valence-electron chi connectivity index (χ4n) is 9.01. The van der Waals surface area contributed by atoms with Gasteiger partial charge in [0.05, 0.1) is 12.5 Å². The molecule has 52 heavy (non-hydrogen) atoms. The summed E-state index contributed by atoms with van der Waals surface area (Å²) in [4.78, 5) is 57.7. The Hall–Kier alpha value is -5.61. The minimum absolute atomic E-state index is 0.00195. The molecule has 10 rings (SSSR count). The first-order valence-corrected chi connectivity index (χ1v) is 17.0. The predicted molar refractivity (Wildman–Crippen MR) is 177 cm³/mol. The van der Waals surface area contributed by atoms with Crippen LogP contribution in [0.3, 0.4) is 0 Å². The standard InChI is InChI=1S/C35H32F3N7O7/c1-3-20-28(43-8-10-44(11-9-43)32(49)24-21(46)5-4-18-30(24)51-15-40-18)29(48)27-33(52-31(42-27)16-6-7-39-23(12-16)50-2)45(20)14-22(47)41-19-13-17-25-26(19)34(17,25)35(36,37)38/h4-7,12,15,17,19,25-26,46H,3,8-11,13-14H2,1-2H3,(H,41,47)/t17?,19-,25?,26?,34?/m1/s1. The van der Waals surface area contributed by atoms with Gasteiger partial charge in [0.2, 0.25) is 28.8 Å². The molecule has 2 N–H and O–H groups in total. The van der Waals surface area contributed by atoms with Gasteiger partial charge in [-0.2, -0.15) is 13.2 Å². The summed E-state index contributed by atoms with van der Waals surface area (Å²) in [5.74, 6) is -2.27. The number of ether oxygens (including phenoxy) is 1. The zero-order valence-electron chi connectivity index (χ0n) is 27.9. The molecule has 2 amide bonds. The Labute approximate surface area is 292 Å². The highest BCUT2D eigenvalue weighted by molar-refractivity contribution is 6.06. The molecule has 1 aromatic carbocycles. The lowest BCUT2D eigenvalue weighted by atomic mass is 10.1. The molecule has 4 aliphatic carbocycles. The lowest BCUT2D eigenvalue weighted by Gasteiger charge is -2.37. The maximum Gasteiger partial charge on any atom is 0.395 e. The van der Waals surface area contributed by atoms with E-state index < -0.39 is 52.6 Å². The second-order valence-electron chi connectivity index (χ2n) is 13.8. The van der Waals surface area contributed by atoms with Gasteiger partial charge in [0.15, 0.2) is 17.5 Å². The number of phenols is 1. The van der Waals surface area contributed by atoms with Crippen LogP contribution in [0.1, 0.15) is 29.4 Å². The predicted octanol–water partition coefficient (Wildman–Crippen LogP) is 3.74. The maximum absolute atomic E-state index is 14.3. The molecular formula is C35H32F3N7O7. The van der Waals surface area contributed by atoms with Crippen LogP contribution in [0.15, 0.2) is 50.5 Å². The first-order chi connectivity index (χ1) is 25.0. The fraction of sp³-hybridized carbons (Fsp3) is 0.429. The number of carbonyl (C=O) groups is 2. The van der Waals surface area contributed by atoms with E-state index in [9.17, 15) is 32.7 Å². The summed E-state index contributed by atoms with van der Waals surface area (Å²) in [5, 5.41) is 13.4.